The highest BCUT2D eigenvalue weighted by molar-refractivity contribution is 5.81. The lowest BCUT2D eigenvalue weighted by Crippen LogP contribution is -2.41. The molecule has 9 heteroatoms. The molecule has 1 unspecified atom stereocenters. The monoisotopic (exact) mass is 394 g/mol. The Labute approximate surface area is 159 Å². The molecule has 0 aliphatic rings. The molecule has 0 saturated carbocycles. The number of furan rings is 1. The number of pyridine rings is 1. The van der Waals surface area contributed by atoms with E-state index in [0.717, 1.165) is 6.07 Å². The summed E-state index contributed by atoms with van der Waals surface area (Å²) in [6.07, 6.45) is 1.70. The maximum Gasteiger partial charge on any atom is 0.420 e. The topological polar surface area (TPSA) is 85.6 Å². The van der Waals surface area contributed by atoms with Crippen molar-refractivity contribution < 1.29 is 22.4 Å². The van der Waals surface area contributed by atoms with Gasteiger partial charge in [-0.3, -0.25) is 4.79 Å². The van der Waals surface area contributed by atoms with Crippen LogP contribution in [0.2, 0.25) is 0 Å². The number of fused-ring (bicyclic) bond motifs is 1. The third-order valence-electron chi connectivity index (χ3n) is 4.27. The number of nitrogens with two attached hydrogens (primary N) is 1. The van der Waals surface area contributed by atoms with E-state index in [-0.39, 0.29) is 24.0 Å². The third kappa shape index (κ3) is 4.36. The normalized spacial score (nSPS) is 13.2. The Hall–Kier alpha value is -2.81. The van der Waals surface area contributed by atoms with Crippen LogP contribution in [-0.2, 0) is 17.5 Å². The first-order valence-electron chi connectivity index (χ1n) is 8.80. The molecule has 6 nitrogen and oxygen atoms in total. The van der Waals surface area contributed by atoms with Crippen molar-refractivity contribution in [3.05, 3.63) is 48.3 Å². The summed E-state index contributed by atoms with van der Waals surface area (Å²) in [5.41, 5.74) is 5.91. The average Bonchev–Trinajstić information content (AvgIpc) is 3.26. The van der Waals surface area contributed by atoms with Crippen LogP contribution >= 0.6 is 0 Å². The Morgan fingerprint density at radius 2 is 2.07 bits per heavy atom. The number of imidazole rings is 1. The molecule has 3 aromatic heterocycles. The van der Waals surface area contributed by atoms with Crippen LogP contribution < -0.4 is 11.1 Å². The third-order valence-corrected chi connectivity index (χ3v) is 4.27. The summed E-state index contributed by atoms with van der Waals surface area (Å²) in [5.74, 6) is -0.104. The first-order valence-corrected chi connectivity index (χ1v) is 8.80. The second kappa shape index (κ2) is 7.67. The number of nitrogens with one attached hydrogen (secondary N) is 1. The van der Waals surface area contributed by atoms with Gasteiger partial charge in [-0.1, -0.05) is 13.8 Å². The molecule has 1 amide bonds. The molecule has 0 radical (unpaired) electrons. The Morgan fingerprint density at radius 3 is 2.68 bits per heavy atom. The van der Waals surface area contributed by atoms with E-state index >= 15 is 0 Å². The van der Waals surface area contributed by atoms with Crippen molar-refractivity contribution in [1.29, 1.82) is 0 Å². The number of rotatable bonds is 6. The average molecular weight is 394 g/mol. The molecular weight excluding hydrogens is 373 g/mol. The molecule has 3 rings (SSSR count). The largest absolute Gasteiger partial charge is 0.472 e. The minimum Gasteiger partial charge on any atom is -0.472 e. The van der Waals surface area contributed by atoms with E-state index in [2.05, 4.69) is 10.3 Å². The van der Waals surface area contributed by atoms with Crippen LogP contribution in [0, 0.1) is 5.92 Å². The molecule has 28 heavy (non-hydrogen) atoms. The number of halogens is 3. The van der Waals surface area contributed by atoms with Gasteiger partial charge in [0.15, 0.2) is 0 Å². The highest BCUT2D eigenvalue weighted by Crippen LogP contribution is 2.35. The van der Waals surface area contributed by atoms with Crippen LogP contribution in [0.4, 0.5) is 13.2 Å². The number of hydrogen-bond acceptors (Lipinski definition) is 4. The molecule has 0 aromatic carbocycles. The van der Waals surface area contributed by atoms with Gasteiger partial charge in [0.25, 0.3) is 0 Å². The van der Waals surface area contributed by atoms with Gasteiger partial charge in [0.1, 0.15) is 5.65 Å². The molecule has 150 valence electrons. The van der Waals surface area contributed by atoms with Crippen molar-refractivity contribution in [2.24, 2.45) is 11.7 Å². The Kier molecular flexibility index (Phi) is 5.46. The number of carbonyl (C=O) groups is 1. The van der Waals surface area contributed by atoms with E-state index < -0.39 is 17.8 Å². The van der Waals surface area contributed by atoms with Crippen LogP contribution in [0.3, 0.4) is 0 Å². The number of aromatic nitrogens is 2. The van der Waals surface area contributed by atoms with Crippen molar-refractivity contribution in [1.82, 2.24) is 14.7 Å². The number of carbonyl (C=O) groups excluding carboxylic acids is 1. The maximum absolute atomic E-state index is 13.5. The fraction of sp³-hybridized carbons (Fsp3) is 0.368. The van der Waals surface area contributed by atoms with Crippen molar-refractivity contribution in [3.8, 4) is 11.1 Å². The molecule has 3 heterocycles. The molecule has 0 spiro atoms. The maximum atomic E-state index is 13.5. The lowest BCUT2D eigenvalue weighted by molar-refractivity contribution is -0.136. The van der Waals surface area contributed by atoms with Crippen molar-refractivity contribution in [2.45, 2.75) is 39.0 Å². The fourth-order valence-electron chi connectivity index (χ4n) is 2.95. The summed E-state index contributed by atoms with van der Waals surface area (Å²) in [4.78, 5) is 16.1. The van der Waals surface area contributed by atoms with E-state index in [4.69, 9.17) is 10.2 Å². The number of hydrogen-bond donors (Lipinski definition) is 2. The SMILES string of the molecule is CC(C)CC(N)C(=O)NCc1cn2cc(-c3ccoc3)cc(C(F)(F)F)c2n1. The van der Waals surface area contributed by atoms with Gasteiger partial charge in [-0.25, -0.2) is 4.98 Å². The quantitative estimate of drug-likeness (QED) is 0.669. The zero-order chi connectivity index (χ0) is 20.5. The second-order valence-corrected chi connectivity index (χ2v) is 7.07. The Bertz CT molecular complexity index is 962. The van der Waals surface area contributed by atoms with Crippen LogP contribution in [0.25, 0.3) is 16.8 Å². The van der Waals surface area contributed by atoms with E-state index in [1.165, 1.54) is 29.3 Å². The molecule has 3 aromatic rings. The highest BCUT2D eigenvalue weighted by Gasteiger charge is 2.35. The first kappa shape index (κ1) is 19.9. The predicted octanol–water partition coefficient (Wildman–Crippen LogP) is 3.60. The molecule has 3 N–H and O–H groups in total. The molecule has 0 aliphatic heterocycles. The molecule has 0 fully saturated rings. The molecular formula is C19H21F3N4O2. The predicted molar refractivity (Wildman–Crippen MR) is 97.2 cm³/mol. The van der Waals surface area contributed by atoms with Gasteiger partial charge in [0, 0.05) is 23.5 Å². The summed E-state index contributed by atoms with van der Waals surface area (Å²) in [6, 6.07) is 1.94. The highest BCUT2D eigenvalue weighted by atomic mass is 19.4. The van der Waals surface area contributed by atoms with E-state index in [1.807, 2.05) is 13.8 Å². The van der Waals surface area contributed by atoms with Gasteiger partial charge < -0.3 is 19.9 Å². The van der Waals surface area contributed by atoms with Crippen molar-refractivity contribution in [2.75, 3.05) is 0 Å². The van der Waals surface area contributed by atoms with Crippen LogP contribution in [-0.4, -0.2) is 21.3 Å². The molecule has 1 atom stereocenters. The van der Waals surface area contributed by atoms with Gasteiger partial charge in [0.05, 0.1) is 36.4 Å². The van der Waals surface area contributed by atoms with E-state index in [1.54, 1.807) is 6.07 Å². The minimum absolute atomic E-state index is 0.00928. The van der Waals surface area contributed by atoms with E-state index in [0.29, 0.717) is 23.2 Å². The van der Waals surface area contributed by atoms with Gasteiger partial charge in [-0.2, -0.15) is 13.2 Å². The van der Waals surface area contributed by atoms with Crippen LogP contribution in [0.5, 0.6) is 0 Å². The number of nitrogens with zero attached hydrogens (tertiary/aromatic N) is 2. The van der Waals surface area contributed by atoms with Gasteiger partial charge in [-0.05, 0) is 24.5 Å². The first-order chi connectivity index (χ1) is 13.1. The summed E-state index contributed by atoms with van der Waals surface area (Å²) in [6.45, 7) is 3.89. The summed E-state index contributed by atoms with van der Waals surface area (Å²) >= 11 is 0. The van der Waals surface area contributed by atoms with Gasteiger partial charge in [-0.15, -0.1) is 0 Å². The van der Waals surface area contributed by atoms with Gasteiger partial charge in [0.2, 0.25) is 5.91 Å². The zero-order valence-corrected chi connectivity index (χ0v) is 15.5. The zero-order valence-electron chi connectivity index (χ0n) is 15.5. The lowest BCUT2D eigenvalue weighted by atomic mass is 10.0. The standard InChI is InChI=1S/C19H21F3N4O2/c1-11(2)5-16(23)18(27)24-7-14-9-26-8-13(12-3-4-28-10-12)6-15(17(26)25-14)19(20,21)22/h3-4,6,8-11,16H,5,7,23H2,1-2H3,(H,24,27). The van der Waals surface area contributed by atoms with Crippen molar-refractivity contribution >= 4 is 11.6 Å². The Morgan fingerprint density at radius 1 is 1.32 bits per heavy atom. The van der Waals surface area contributed by atoms with E-state index in [9.17, 15) is 18.0 Å². The summed E-state index contributed by atoms with van der Waals surface area (Å²) < 4.78 is 46.8. The smallest absolute Gasteiger partial charge is 0.420 e. The van der Waals surface area contributed by atoms with Crippen molar-refractivity contribution in [3.63, 3.8) is 0 Å². The lowest BCUT2D eigenvalue weighted by Gasteiger charge is -2.13. The number of amides is 1. The second-order valence-electron chi connectivity index (χ2n) is 7.07. The van der Waals surface area contributed by atoms with Crippen LogP contribution in [0.1, 0.15) is 31.5 Å². The van der Waals surface area contributed by atoms with Gasteiger partial charge >= 0.3 is 6.18 Å². The molecule has 0 bridgehead atoms. The Balaban J connectivity index is 1.89. The molecule has 0 saturated heterocycles. The fourth-order valence-corrected chi connectivity index (χ4v) is 2.95. The molecule has 0 aliphatic carbocycles. The minimum atomic E-state index is -4.58. The summed E-state index contributed by atoms with van der Waals surface area (Å²) in [5, 5.41) is 2.63. The van der Waals surface area contributed by atoms with Crippen LogP contribution in [0.15, 0.2) is 41.5 Å². The number of alkyl halides is 3. The summed E-state index contributed by atoms with van der Waals surface area (Å²) in [7, 11) is 0.